The van der Waals surface area contributed by atoms with Crippen LogP contribution < -0.4 is 5.73 Å². The molecule has 0 radical (unpaired) electrons. The van der Waals surface area contributed by atoms with Gasteiger partial charge in [-0.05, 0) is 28.3 Å². The Kier molecular flexibility index (Phi) is 4.08. The second kappa shape index (κ2) is 4.92. The number of nitrogens with zero attached hydrogens (tertiary/aromatic N) is 2. The Labute approximate surface area is 99.6 Å². The lowest BCUT2D eigenvalue weighted by molar-refractivity contribution is 0.624. The fourth-order valence-corrected chi connectivity index (χ4v) is 1.65. The first-order valence-corrected chi connectivity index (χ1v) is 6.02. The molecule has 0 aliphatic heterocycles. The van der Waals surface area contributed by atoms with E-state index in [0.717, 1.165) is 22.4 Å². The molecule has 4 heteroatoms. The lowest BCUT2D eigenvalue weighted by atomic mass is 10.1. The Morgan fingerprint density at radius 1 is 1.20 bits per heavy atom. The van der Waals surface area contributed by atoms with E-state index in [1.54, 1.807) is 0 Å². The zero-order chi connectivity index (χ0) is 11.6. The Morgan fingerprint density at radius 2 is 1.80 bits per heavy atom. The lowest BCUT2D eigenvalue weighted by Crippen LogP contribution is -2.08. The summed E-state index contributed by atoms with van der Waals surface area (Å²) in [7, 11) is 0. The molecule has 0 bridgehead atoms. The molecule has 0 unspecified atom stereocenters. The summed E-state index contributed by atoms with van der Waals surface area (Å²) >= 11 is 3.44. The Balaban J connectivity index is 3.13. The fraction of sp³-hybridized carbons (Fsp3) is 0.636. The van der Waals surface area contributed by atoms with Crippen LogP contribution in [-0.4, -0.2) is 9.97 Å². The molecule has 1 heterocycles. The molecular formula is C11H18BrN3. The topological polar surface area (TPSA) is 51.8 Å². The van der Waals surface area contributed by atoms with E-state index in [1.807, 2.05) is 0 Å². The highest BCUT2D eigenvalue weighted by atomic mass is 79.9. The zero-order valence-electron chi connectivity index (χ0n) is 9.71. The maximum Gasteiger partial charge on any atom is 0.141 e. The van der Waals surface area contributed by atoms with Crippen molar-refractivity contribution in [2.24, 2.45) is 5.92 Å². The molecule has 0 saturated heterocycles. The van der Waals surface area contributed by atoms with Crippen LogP contribution >= 0.6 is 15.9 Å². The van der Waals surface area contributed by atoms with Crippen LogP contribution in [0.15, 0.2) is 4.47 Å². The molecule has 0 amide bonds. The minimum atomic E-state index is 0.311. The first-order chi connectivity index (χ1) is 6.91. The largest absolute Gasteiger partial charge is 0.383 e. The first kappa shape index (κ1) is 12.4. The Hall–Kier alpha value is -0.640. The second-order valence-corrected chi connectivity index (χ2v) is 5.27. The smallest absolute Gasteiger partial charge is 0.141 e. The van der Waals surface area contributed by atoms with Gasteiger partial charge in [0.1, 0.15) is 11.6 Å². The number of anilines is 1. The van der Waals surface area contributed by atoms with E-state index < -0.39 is 0 Å². The molecule has 2 N–H and O–H groups in total. The number of hydrogen-bond acceptors (Lipinski definition) is 3. The van der Waals surface area contributed by atoms with Gasteiger partial charge in [-0.3, -0.25) is 0 Å². The molecule has 0 saturated carbocycles. The van der Waals surface area contributed by atoms with E-state index >= 15 is 0 Å². The number of halogens is 1. The minimum absolute atomic E-state index is 0.311. The van der Waals surface area contributed by atoms with Crippen LogP contribution in [0.2, 0.25) is 0 Å². The van der Waals surface area contributed by atoms with Crippen molar-refractivity contribution >= 4 is 21.7 Å². The van der Waals surface area contributed by atoms with Crippen LogP contribution in [0, 0.1) is 5.92 Å². The minimum Gasteiger partial charge on any atom is -0.383 e. The highest BCUT2D eigenvalue weighted by Gasteiger charge is 2.13. The Bertz CT molecular complexity index is 348. The van der Waals surface area contributed by atoms with Crippen molar-refractivity contribution in [2.45, 2.75) is 40.0 Å². The van der Waals surface area contributed by atoms with Gasteiger partial charge in [-0.15, -0.1) is 0 Å². The third-order valence-corrected chi connectivity index (χ3v) is 2.94. The Morgan fingerprint density at radius 3 is 2.27 bits per heavy atom. The number of hydrogen-bond donors (Lipinski definition) is 1. The van der Waals surface area contributed by atoms with E-state index in [4.69, 9.17) is 5.73 Å². The standard InChI is InChI=1S/C11H18BrN3/c1-6(2)5-8-9(12)10(13)15-11(14-8)7(3)4/h6-7H,5H2,1-4H3,(H2,13,14,15). The van der Waals surface area contributed by atoms with Gasteiger partial charge in [0, 0.05) is 5.92 Å². The third-order valence-electron chi connectivity index (χ3n) is 2.08. The maximum absolute atomic E-state index is 5.84. The molecule has 15 heavy (non-hydrogen) atoms. The molecule has 1 aromatic rings. The number of nitrogen functional groups attached to an aromatic ring is 1. The molecule has 0 spiro atoms. The number of aromatic nitrogens is 2. The van der Waals surface area contributed by atoms with E-state index in [0.29, 0.717) is 17.7 Å². The van der Waals surface area contributed by atoms with E-state index in [-0.39, 0.29) is 0 Å². The maximum atomic E-state index is 5.84. The van der Waals surface area contributed by atoms with E-state index in [9.17, 15) is 0 Å². The molecule has 0 aliphatic rings. The van der Waals surface area contributed by atoms with Crippen molar-refractivity contribution in [3.8, 4) is 0 Å². The summed E-state index contributed by atoms with van der Waals surface area (Å²) in [6, 6.07) is 0. The SMILES string of the molecule is CC(C)Cc1nc(C(C)C)nc(N)c1Br. The normalized spacial score (nSPS) is 11.4. The van der Waals surface area contributed by atoms with Crippen LogP contribution in [0.3, 0.4) is 0 Å². The van der Waals surface area contributed by atoms with Gasteiger partial charge in [0.25, 0.3) is 0 Å². The summed E-state index contributed by atoms with van der Waals surface area (Å²) in [6.07, 6.45) is 0.924. The molecule has 0 atom stereocenters. The first-order valence-electron chi connectivity index (χ1n) is 5.23. The lowest BCUT2D eigenvalue weighted by Gasteiger charge is -2.12. The third kappa shape index (κ3) is 3.16. The number of rotatable bonds is 3. The van der Waals surface area contributed by atoms with Crippen LogP contribution in [0.5, 0.6) is 0 Å². The quantitative estimate of drug-likeness (QED) is 0.919. The van der Waals surface area contributed by atoms with Gasteiger partial charge >= 0.3 is 0 Å². The van der Waals surface area contributed by atoms with Crippen molar-refractivity contribution in [3.63, 3.8) is 0 Å². The summed E-state index contributed by atoms with van der Waals surface area (Å²) in [5, 5.41) is 0. The van der Waals surface area contributed by atoms with Crippen LogP contribution in [0.4, 0.5) is 5.82 Å². The van der Waals surface area contributed by atoms with E-state index in [2.05, 4.69) is 53.6 Å². The molecule has 84 valence electrons. The van der Waals surface area contributed by atoms with Crippen molar-refractivity contribution in [3.05, 3.63) is 16.0 Å². The summed E-state index contributed by atoms with van der Waals surface area (Å²) in [5.41, 5.74) is 6.85. The van der Waals surface area contributed by atoms with Crippen LogP contribution in [0.1, 0.15) is 45.1 Å². The fourth-order valence-electron chi connectivity index (χ4n) is 1.31. The molecule has 1 aromatic heterocycles. The summed E-state index contributed by atoms with van der Waals surface area (Å²) in [6.45, 7) is 8.48. The molecule has 0 fully saturated rings. The van der Waals surface area contributed by atoms with Gasteiger partial charge < -0.3 is 5.73 Å². The van der Waals surface area contributed by atoms with E-state index in [1.165, 1.54) is 0 Å². The van der Waals surface area contributed by atoms with Crippen LogP contribution in [-0.2, 0) is 6.42 Å². The van der Waals surface area contributed by atoms with Crippen molar-refractivity contribution in [1.29, 1.82) is 0 Å². The molecule has 0 aliphatic carbocycles. The van der Waals surface area contributed by atoms with Gasteiger partial charge in [0.15, 0.2) is 0 Å². The van der Waals surface area contributed by atoms with Gasteiger partial charge in [0.2, 0.25) is 0 Å². The predicted molar refractivity (Wildman–Crippen MR) is 66.8 cm³/mol. The summed E-state index contributed by atoms with van der Waals surface area (Å²) in [4.78, 5) is 8.79. The molecular weight excluding hydrogens is 254 g/mol. The highest BCUT2D eigenvalue weighted by molar-refractivity contribution is 9.10. The molecule has 1 rings (SSSR count). The average Bonchev–Trinajstić information content (AvgIpc) is 2.11. The average molecular weight is 272 g/mol. The zero-order valence-corrected chi connectivity index (χ0v) is 11.3. The predicted octanol–water partition coefficient (Wildman–Crippen LogP) is 3.14. The second-order valence-electron chi connectivity index (χ2n) is 4.48. The van der Waals surface area contributed by atoms with Crippen LogP contribution in [0.25, 0.3) is 0 Å². The molecule has 0 aromatic carbocycles. The van der Waals surface area contributed by atoms with Crippen molar-refractivity contribution < 1.29 is 0 Å². The van der Waals surface area contributed by atoms with Crippen molar-refractivity contribution in [2.75, 3.05) is 5.73 Å². The highest BCUT2D eigenvalue weighted by Crippen LogP contribution is 2.25. The number of nitrogens with two attached hydrogens (primary N) is 1. The van der Waals surface area contributed by atoms with Gasteiger partial charge in [-0.2, -0.15) is 0 Å². The van der Waals surface area contributed by atoms with Gasteiger partial charge in [-0.25, -0.2) is 9.97 Å². The van der Waals surface area contributed by atoms with Gasteiger partial charge in [-0.1, -0.05) is 27.7 Å². The summed E-state index contributed by atoms with van der Waals surface area (Å²) < 4.78 is 0.848. The van der Waals surface area contributed by atoms with Gasteiger partial charge in [0.05, 0.1) is 10.2 Å². The van der Waals surface area contributed by atoms with Crippen molar-refractivity contribution in [1.82, 2.24) is 9.97 Å². The summed E-state index contributed by atoms with van der Waals surface area (Å²) in [5.74, 6) is 2.25. The monoisotopic (exact) mass is 271 g/mol. The molecule has 3 nitrogen and oxygen atoms in total.